The van der Waals surface area contributed by atoms with Gasteiger partial charge in [0, 0.05) is 30.3 Å². The molecule has 11 heteroatoms. The number of carbonyl (C=O) groups excluding carboxylic acids is 2. The maximum atomic E-state index is 13.2. The van der Waals surface area contributed by atoms with Gasteiger partial charge in [-0.3, -0.25) is 9.59 Å². The molecule has 0 bridgehead atoms. The number of rotatable bonds is 10. The van der Waals surface area contributed by atoms with Crippen LogP contribution in [0.2, 0.25) is 5.02 Å². The fraction of sp³-hybridized carbons (Fsp3) is 0.364. The molecule has 0 aliphatic carbocycles. The number of hydrogen-bond acceptors (Lipinski definition) is 6. The highest BCUT2D eigenvalue weighted by Gasteiger charge is 2.31. The van der Waals surface area contributed by atoms with Gasteiger partial charge in [0.1, 0.15) is 11.9 Å². The molecule has 0 unspecified atom stereocenters. The fourth-order valence-corrected chi connectivity index (χ4v) is 5.22. The molecule has 0 fully saturated rings. The minimum absolute atomic E-state index is 0.00803. The van der Waals surface area contributed by atoms with Gasteiger partial charge >= 0.3 is 0 Å². The molecule has 0 radical (unpaired) electrons. The Labute approximate surface area is 196 Å². The summed E-state index contributed by atoms with van der Waals surface area (Å²) < 4.78 is 43.7. The number of nitrogens with one attached hydrogen (secondary N) is 3. The summed E-state index contributed by atoms with van der Waals surface area (Å²) in [6.45, 7) is 3.53. The number of anilines is 2. The van der Waals surface area contributed by atoms with Gasteiger partial charge in [0.05, 0.1) is 22.9 Å². The van der Waals surface area contributed by atoms with Crippen molar-refractivity contribution in [1.82, 2.24) is 5.32 Å². The first kappa shape index (κ1) is 24.9. The van der Waals surface area contributed by atoms with E-state index in [4.69, 9.17) is 16.3 Å². The van der Waals surface area contributed by atoms with Crippen LogP contribution in [-0.4, -0.2) is 51.8 Å². The van der Waals surface area contributed by atoms with Crippen LogP contribution < -0.4 is 16.0 Å². The Hall–Kier alpha value is -2.69. The molecular weight excluding hydrogens is 473 g/mol. The van der Waals surface area contributed by atoms with Crippen LogP contribution in [0.4, 0.5) is 15.8 Å². The van der Waals surface area contributed by atoms with Crippen LogP contribution in [0.15, 0.2) is 36.4 Å². The van der Waals surface area contributed by atoms with Gasteiger partial charge in [0.15, 0.2) is 9.84 Å². The highest BCUT2D eigenvalue weighted by molar-refractivity contribution is 7.90. The summed E-state index contributed by atoms with van der Waals surface area (Å²) in [6, 6.07) is 7.18. The summed E-state index contributed by atoms with van der Waals surface area (Å²) in [6.07, 6.45) is 0.683. The van der Waals surface area contributed by atoms with Gasteiger partial charge in [-0.2, -0.15) is 0 Å². The molecule has 1 atom stereocenters. The molecule has 2 amide bonds. The molecule has 3 N–H and O–H groups in total. The molecule has 8 nitrogen and oxygen atoms in total. The number of halogens is 2. The number of sulfone groups is 1. The standard InChI is InChI=1S/C22H25ClFN3O5S/c1-2-32-9-3-8-25-21(28)14-5-7-18-19(10-14)27-22(29)20(26-18)13-33(30,31)12-15-4-6-16(24)11-17(15)23/h4-7,10-11,20,26H,2-3,8-9,12-13H2,1H3,(H,25,28)(H,27,29)/t20-/m1/s1. The lowest BCUT2D eigenvalue weighted by molar-refractivity contribution is -0.116. The first-order chi connectivity index (χ1) is 15.7. The van der Waals surface area contributed by atoms with E-state index in [0.717, 1.165) is 12.1 Å². The molecule has 0 saturated heterocycles. The molecule has 1 aliphatic rings. The van der Waals surface area contributed by atoms with Crippen molar-refractivity contribution in [3.63, 3.8) is 0 Å². The third-order valence-electron chi connectivity index (χ3n) is 4.95. The first-order valence-electron chi connectivity index (χ1n) is 10.4. The van der Waals surface area contributed by atoms with E-state index < -0.39 is 39.1 Å². The van der Waals surface area contributed by atoms with Crippen molar-refractivity contribution in [3.8, 4) is 0 Å². The molecule has 33 heavy (non-hydrogen) atoms. The molecular formula is C22H25ClFN3O5S. The number of benzene rings is 2. The Morgan fingerprint density at radius 1 is 1.21 bits per heavy atom. The maximum Gasteiger partial charge on any atom is 0.251 e. The molecule has 3 rings (SSSR count). The van der Waals surface area contributed by atoms with Gasteiger partial charge < -0.3 is 20.7 Å². The molecule has 1 aliphatic heterocycles. The van der Waals surface area contributed by atoms with Crippen LogP contribution in [-0.2, 0) is 25.1 Å². The average molecular weight is 498 g/mol. The fourth-order valence-electron chi connectivity index (χ4n) is 3.32. The zero-order valence-electron chi connectivity index (χ0n) is 18.0. The second-order valence-electron chi connectivity index (χ2n) is 7.54. The Balaban J connectivity index is 1.63. The van der Waals surface area contributed by atoms with Crippen molar-refractivity contribution in [2.75, 3.05) is 36.1 Å². The van der Waals surface area contributed by atoms with E-state index in [-0.39, 0.29) is 16.5 Å². The summed E-state index contributed by atoms with van der Waals surface area (Å²) in [7, 11) is -3.75. The van der Waals surface area contributed by atoms with Gasteiger partial charge in [-0.05, 0) is 49.2 Å². The molecule has 2 aromatic rings. The smallest absolute Gasteiger partial charge is 0.251 e. The number of ether oxygens (including phenoxy) is 1. The minimum Gasteiger partial charge on any atom is -0.382 e. The highest BCUT2D eigenvalue weighted by Crippen LogP contribution is 2.29. The van der Waals surface area contributed by atoms with Crippen molar-refractivity contribution in [2.45, 2.75) is 25.1 Å². The number of fused-ring (bicyclic) bond motifs is 1. The van der Waals surface area contributed by atoms with Gasteiger partial charge in [0.2, 0.25) is 5.91 Å². The third-order valence-corrected chi connectivity index (χ3v) is 6.90. The monoisotopic (exact) mass is 497 g/mol. The predicted molar refractivity (Wildman–Crippen MR) is 125 cm³/mol. The highest BCUT2D eigenvalue weighted by atomic mass is 35.5. The summed E-state index contributed by atoms with van der Waals surface area (Å²) in [5.74, 6) is -2.29. The first-order valence-corrected chi connectivity index (χ1v) is 12.6. The van der Waals surface area contributed by atoms with E-state index in [2.05, 4.69) is 16.0 Å². The van der Waals surface area contributed by atoms with Crippen LogP contribution in [0.3, 0.4) is 0 Å². The zero-order chi connectivity index (χ0) is 24.0. The number of amides is 2. The van der Waals surface area contributed by atoms with Gasteiger partial charge in [-0.15, -0.1) is 0 Å². The van der Waals surface area contributed by atoms with Crippen LogP contribution in [0.25, 0.3) is 0 Å². The van der Waals surface area contributed by atoms with E-state index in [0.29, 0.717) is 43.1 Å². The third kappa shape index (κ3) is 6.89. The maximum absolute atomic E-state index is 13.2. The molecule has 1 heterocycles. The normalized spacial score (nSPS) is 15.4. The van der Waals surface area contributed by atoms with Crippen molar-refractivity contribution in [1.29, 1.82) is 0 Å². The number of hydrogen-bond donors (Lipinski definition) is 3. The lowest BCUT2D eigenvalue weighted by Crippen LogP contribution is -2.43. The van der Waals surface area contributed by atoms with Crippen LogP contribution in [0, 0.1) is 5.82 Å². The van der Waals surface area contributed by atoms with Crippen LogP contribution in [0.5, 0.6) is 0 Å². The SMILES string of the molecule is CCOCCCNC(=O)c1ccc2c(c1)NC(=O)[C@@H](CS(=O)(=O)Cc1ccc(F)cc1Cl)N2. The molecule has 2 aromatic carbocycles. The van der Waals surface area contributed by atoms with Crippen LogP contribution >= 0.6 is 11.6 Å². The number of carbonyl (C=O) groups is 2. The Morgan fingerprint density at radius 2 is 2.00 bits per heavy atom. The van der Waals surface area contributed by atoms with Crippen molar-refractivity contribution in [2.24, 2.45) is 0 Å². The second-order valence-corrected chi connectivity index (χ2v) is 10.1. The summed E-state index contributed by atoms with van der Waals surface area (Å²) in [5, 5.41) is 8.35. The molecule has 0 saturated carbocycles. The van der Waals surface area contributed by atoms with E-state index in [9.17, 15) is 22.4 Å². The average Bonchev–Trinajstić information content (AvgIpc) is 2.75. The molecule has 178 valence electrons. The van der Waals surface area contributed by atoms with Gasteiger partial charge in [-0.25, -0.2) is 12.8 Å². The van der Waals surface area contributed by atoms with Crippen LogP contribution in [0.1, 0.15) is 29.3 Å². The molecule has 0 aromatic heterocycles. The van der Waals surface area contributed by atoms with Gasteiger partial charge in [-0.1, -0.05) is 17.7 Å². The van der Waals surface area contributed by atoms with Crippen molar-refractivity contribution < 1.29 is 27.1 Å². The minimum atomic E-state index is -3.75. The van der Waals surface area contributed by atoms with Crippen molar-refractivity contribution in [3.05, 3.63) is 58.4 Å². The zero-order valence-corrected chi connectivity index (χ0v) is 19.6. The summed E-state index contributed by atoms with van der Waals surface area (Å²) in [5.41, 5.74) is 1.51. The van der Waals surface area contributed by atoms with E-state index in [1.807, 2.05) is 6.92 Å². The predicted octanol–water partition coefficient (Wildman–Crippen LogP) is 2.98. The van der Waals surface area contributed by atoms with E-state index in [1.54, 1.807) is 12.1 Å². The lowest BCUT2D eigenvalue weighted by Gasteiger charge is -2.27. The van der Waals surface area contributed by atoms with E-state index >= 15 is 0 Å². The second kappa shape index (κ2) is 11.0. The summed E-state index contributed by atoms with van der Waals surface area (Å²) in [4.78, 5) is 24.8. The lowest BCUT2D eigenvalue weighted by atomic mass is 10.1. The molecule has 0 spiro atoms. The quantitative estimate of drug-likeness (QED) is 0.435. The van der Waals surface area contributed by atoms with Crippen molar-refractivity contribution >= 4 is 44.6 Å². The largest absolute Gasteiger partial charge is 0.382 e. The topological polar surface area (TPSA) is 114 Å². The Bertz CT molecular complexity index is 1140. The van der Waals surface area contributed by atoms with E-state index in [1.165, 1.54) is 12.1 Å². The van der Waals surface area contributed by atoms with Gasteiger partial charge in [0.25, 0.3) is 5.91 Å². The Kier molecular flexibility index (Phi) is 8.28. The summed E-state index contributed by atoms with van der Waals surface area (Å²) >= 11 is 5.93. The Morgan fingerprint density at radius 3 is 2.73 bits per heavy atom.